The zero-order valence-corrected chi connectivity index (χ0v) is 16.8. The predicted octanol–water partition coefficient (Wildman–Crippen LogP) is 2.70. The van der Waals surface area contributed by atoms with Crippen LogP contribution in [0.1, 0.15) is 12.0 Å². The van der Waals surface area contributed by atoms with Gasteiger partial charge in [0.05, 0.1) is 30.4 Å². The molecule has 3 rings (SSSR count). The summed E-state index contributed by atoms with van der Waals surface area (Å²) in [4.78, 5) is 28.6. The highest BCUT2D eigenvalue weighted by Gasteiger charge is 2.36. The Morgan fingerprint density at radius 1 is 1.25 bits per heavy atom. The maximum Gasteiger partial charge on any atom is 0.244 e. The molecule has 1 fully saturated rings. The molecule has 2 amide bonds. The van der Waals surface area contributed by atoms with Gasteiger partial charge in [0.25, 0.3) is 0 Å². The lowest BCUT2D eigenvalue weighted by atomic mass is 10.2. The summed E-state index contributed by atoms with van der Waals surface area (Å²) in [6.45, 7) is 1.18. The van der Waals surface area contributed by atoms with Crippen LogP contribution in [0.3, 0.4) is 0 Å². The number of halogens is 1. The molecule has 1 aliphatic heterocycles. The second kappa shape index (κ2) is 9.08. The van der Waals surface area contributed by atoms with Gasteiger partial charge in [0.2, 0.25) is 11.8 Å². The van der Waals surface area contributed by atoms with Gasteiger partial charge in [0, 0.05) is 13.1 Å². The van der Waals surface area contributed by atoms with Crippen LogP contribution in [0.4, 0.5) is 5.69 Å². The third-order valence-electron chi connectivity index (χ3n) is 4.89. The highest BCUT2D eigenvalue weighted by Crippen LogP contribution is 2.30. The fourth-order valence-corrected chi connectivity index (χ4v) is 3.56. The van der Waals surface area contributed by atoms with Crippen molar-refractivity contribution in [3.63, 3.8) is 0 Å². The molecule has 1 aliphatic rings. The number of carbonyl (C=O) groups is 2. The van der Waals surface area contributed by atoms with Gasteiger partial charge in [0.1, 0.15) is 5.75 Å². The Kier molecular flexibility index (Phi) is 6.54. The Hall–Kier alpha value is -2.57. The van der Waals surface area contributed by atoms with Crippen LogP contribution in [-0.4, -0.2) is 50.0 Å². The van der Waals surface area contributed by atoms with Crippen molar-refractivity contribution in [2.24, 2.45) is 0 Å². The first-order valence-corrected chi connectivity index (χ1v) is 9.53. The number of amides is 2. The van der Waals surface area contributed by atoms with Gasteiger partial charge in [-0.1, -0.05) is 35.9 Å². The van der Waals surface area contributed by atoms with Crippen LogP contribution >= 0.6 is 11.6 Å². The molecule has 0 radical (unpaired) electrons. The molecular formula is C21H24ClN3O3. The minimum Gasteiger partial charge on any atom is -0.497 e. The second-order valence-electron chi connectivity index (χ2n) is 6.79. The first kappa shape index (κ1) is 20.2. The molecule has 1 saturated heterocycles. The summed E-state index contributed by atoms with van der Waals surface area (Å²) in [5.74, 6) is 0.624. The van der Waals surface area contributed by atoms with Gasteiger partial charge in [-0.05, 0) is 43.3 Å². The molecule has 0 aliphatic carbocycles. The molecule has 6 nitrogen and oxygen atoms in total. The minimum atomic E-state index is -0.331. The third-order valence-corrected chi connectivity index (χ3v) is 5.21. The lowest BCUT2D eigenvalue weighted by Crippen LogP contribution is -2.44. The molecule has 1 heterocycles. The van der Waals surface area contributed by atoms with Crippen molar-refractivity contribution in [2.75, 3.05) is 32.1 Å². The number of hydrogen-bond acceptors (Lipinski definition) is 4. The van der Waals surface area contributed by atoms with E-state index in [4.69, 9.17) is 16.3 Å². The largest absolute Gasteiger partial charge is 0.497 e. The summed E-state index contributed by atoms with van der Waals surface area (Å²) in [6.07, 6.45) is 0.659. The van der Waals surface area contributed by atoms with Gasteiger partial charge in [-0.2, -0.15) is 0 Å². The Morgan fingerprint density at radius 2 is 1.96 bits per heavy atom. The van der Waals surface area contributed by atoms with E-state index in [1.165, 1.54) is 0 Å². The number of nitrogens with zero attached hydrogens (tertiary/aromatic N) is 2. The average Bonchev–Trinajstić information content (AvgIpc) is 3.08. The first-order chi connectivity index (χ1) is 13.5. The quantitative estimate of drug-likeness (QED) is 0.774. The van der Waals surface area contributed by atoms with Gasteiger partial charge in [-0.15, -0.1) is 0 Å². The number of nitrogens with one attached hydrogen (secondary N) is 1. The number of rotatable bonds is 7. The first-order valence-electron chi connectivity index (χ1n) is 9.15. The van der Waals surface area contributed by atoms with E-state index in [0.29, 0.717) is 30.2 Å². The van der Waals surface area contributed by atoms with Gasteiger partial charge in [-0.3, -0.25) is 14.5 Å². The molecule has 28 heavy (non-hydrogen) atoms. The van der Waals surface area contributed by atoms with Gasteiger partial charge in [0.15, 0.2) is 0 Å². The summed E-state index contributed by atoms with van der Waals surface area (Å²) in [5.41, 5.74) is 1.70. The highest BCUT2D eigenvalue weighted by atomic mass is 35.5. The summed E-state index contributed by atoms with van der Waals surface area (Å²) in [6, 6.07) is 14.5. The standard InChI is InChI=1S/C21H24ClN3O3/c1-24(14-20(26)23-13-15-7-9-16(28-2)10-8-15)19-11-12-25(21(19)27)18-6-4-3-5-17(18)22/h3-10,19H,11-14H2,1-2H3,(H,23,26). The van der Waals surface area contributed by atoms with Crippen molar-refractivity contribution >= 4 is 29.1 Å². The van der Waals surface area contributed by atoms with Gasteiger partial charge >= 0.3 is 0 Å². The molecule has 0 bridgehead atoms. The molecule has 1 atom stereocenters. The Labute approximate surface area is 170 Å². The van der Waals surface area contributed by atoms with E-state index < -0.39 is 0 Å². The number of carbonyl (C=O) groups excluding carboxylic acids is 2. The molecule has 2 aromatic carbocycles. The van der Waals surface area contributed by atoms with Crippen molar-refractivity contribution in [1.29, 1.82) is 0 Å². The molecule has 0 spiro atoms. The number of benzene rings is 2. The molecule has 1 unspecified atom stereocenters. The van der Waals surface area contributed by atoms with Crippen LogP contribution in [0.5, 0.6) is 5.75 Å². The monoisotopic (exact) mass is 401 g/mol. The Bertz CT molecular complexity index is 841. The van der Waals surface area contributed by atoms with Crippen LogP contribution < -0.4 is 15.0 Å². The molecule has 0 saturated carbocycles. The zero-order chi connectivity index (χ0) is 20.1. The molecule has 7 heteroatoms. The number of anilines is 1. The second-order valence-corrected chi connectivity index (χ2v) is 7.19. The van der Waals surface area contributed by atoms with Crippen LogP contribution in [0.15, 0.2) is 48.5 Å². The lowest BCUT2D eigenvalue weighted by Gasteiger charge is -2.23. The summed E-state index contributed by atoms with van der Waals surface area (Å²) < 4.78 is 5.12. The third kappa shape index (κ3) is 4.64. The normalized spacial score (nSPS) is 16.5. The van der Waals surface area contributed by atoms with Crippen molar-refractivity contribution in [2.45, 2.75) is 19.0 Å². The van der Waals surface area contributed by atoms with Crippen molar-refractivity contribution in [1.82, 2.24) is 10.2 Å². The van der Waals surface area contributed by atoms with Crippen LogP contribution in [0, 0.1) is 0 Å². The Balaban J connectivity index is 1.52. The topological polar surface area (TPSA) is 61.9 Å². The maximum absolute atomic E-state index is 12.8. The van der Waals surface area contributed by atoms with E-state index >= 15 is 0 Å². The predicted molar refractivity (Wildman–Crippen MR) is 110 cm³/mol. The molecule has 0 aromatic heterocycles. The highest BCUT2D eigenvalue weighted by molar-refractivity contribution is 6.33. The SMILES string of the molecule is COc1ccc(CNC(=O)CN(C)C2CCN(c3ccccc3Cl)C2=O)cc1. The van der Waals surface area contributed by atoms with E-state index in [1.54, 1.807) is 30.0 Å². The zero-order valence-electron chi connectivity index (χ0n) is 16.0. The number of hydrogen-bond donors (Lipinski definition) is 1. The fraction of sp³-hybridized carbons (Fsp3) is 0.333. The summed E-state index contributed by atoms with van der Waals surface area (Å²) in [5, 5.41) is 3.44. The van der Waals surface area contributed by atoms with Gasteiger partial charge < -0.3 is 15.0 Å². The smallest absolute Gasteiger partial charge is 0.244 e. The number of likely N-dealkylation sites (N-methyl/N-ethyl adjacent to an activating group) is 1. The summed E-state index contributed by atoms with van der Waals surface area (Å²) >= 11 is 6.22. The maximum atomic E-state index is 12.8. The fourth-order valence-electron chi connectivity index (χ4n) is 3.32. The van der Waals surface area contributed by atoms with Crippen LogP contribution in [0.2, 0.25) is 5.02 Å². The number of ether oxygens (including phenoxy) is 1. The van der Waals surface area contributed by atoms with E-state index in [0.717, 1.165) is 11.3 Å². The van der Waals surface area contributed by atoms with Crippen molar-refractivity contribution in [3.8, 4) is 5.75 Å². The van der Waals surface area contributed by atoms with E-state index in [1.807, 2.05) is 42.5 Å². The average molecular weight is 402 g/mol. The molecular weight excluding hydrogens is 378 g/mol. The minimum absolute atomic E-state index is 0.0291. The molecule has 2 aromatic rings. The summed E-state index contributed by atoms with van der Waals surface area (Å²) in [7, 11) is 3.41. The van der Waals surface area contributed by atoms with E-state index in [2.05, 4.69) is 5.32 Å². The van der Waals surface area contributed by atoms with Gasteiger partial charge in [-0.25, -0.2) is 0 Å². The van der Waals surface area contributed by atoms with Crippen molar-refractivity contribution < 1.29 is 14.3 Å². The number of methoxy groups -OCH3 is 1. The van der Waals surface area contributed by atoms with E-state index in [9.17, 15) is 9.59 Å². The molecule has 148 valence electrons. The van der Waals surface area contributed by atoms with E-state index in [-0.39, 0.29) is 24.4 Å². The Morgan fingerprint density at radius 3 is 2.64 bits per heavy atom. The lowest BCUT2D eigenvalue weighted by molar-refractivity contribution is -0.125. The van der Waals surface area contributed by atoms with Crippen LogP contribution in [-0.2, 0) is 16.1 Å². The number of para-hydroxylation sites is 1. The molecule has 1 N–H and O–H groups in total. The van der Waals surface area contributed by atoms with Crippen molar-refractivity contribution in [3.05, 3.63) is 59.1 Å². The van der Waals surface area contributed by atoms with Crippen LogP contribution in [0.25, 0.3) is 0 Å².